The molecule has 6 nitrogen and oxygen atoms in total. The summed E-state index contributed by atoms with van der Waals surface area (Å²) in [7, 11) is 0. The quantitative estimate of drug-likeness (QED) is 0.668. The van der Waals surface area contributed by atoms with Crippen molar-refractivity contribution in [3.8, 4) is 0 Å². The Bertz CT molecular complexity index is 421. The van der Waals surface area contributed by atoms with Gasteiger partial charge in [-0.1, -0.05) is 13.8 Å². The van der Waals surface area contributed by atoms with Crippen molar-refractivity contribution < 1.29 is 9.90 Å². The monoisotopic (exact) mass is 266 g/mol. The summed E-state index contributed by atoms with van der Waals surface area (Å²) in [6.07, 6.45) is 1.14. The molecule has 0 bridgehead atoms. The Hall–Kier alpha value is -1.85. The van der Waals surface area contributed by atoms with Gasteiger partial charge in [-0.05, 0) is 19.3 Å². The number of anilines is 2. The van der Waals surface area contributed by atoms with Gasteiger partial charge in [0.25, 0.3) is 0 Å². The molecule has 1 heterocycles. The molecule has 0 fully saturated rings. The van der Waals surface area contributed by atoms with Crippen LogP contribution in [0.1, 0.15) is 32.5 Å². The number of nitrogens with zero attached hydrogens (tertiary/aromatic N) is 2. The summed E-state index contributed by atoms with van der Waals surface area (Å²) in [5.74, 6) is 1.90. The predicted molar refractivity (Wildman–Crippen MR) is 75.5 cm³/mol. The number of hydrogen-bond acceptors (Lipinski definition) is 5. The third-order valence-electron chi connectivity index (χ3n) is 2.51. The van der Waals surface area contributed by atoms with Crippen LogP contribution in [0.5, 0.6) is 0 Å². The molecule has 19 heavy (non-hydrogen) atoms. The third kappa shape index (κ3) is 6.59. The number of hydrogen-bond donors (Lipinski definition) is 3. The van der Waals surface area contributed by atoms with E-state index in [1.54, 1.807) is 6.07 Å². The molecule has 0 unspecified atom stereocenters. The van der Waals surface area contributed by atoms with E-state index in [1.807, 2.05) is 6.92 Å². The molecule has 3 N–H and O–H groups in total. The van der Waals surface area contributed by atoms with Gasteiger partial charge in [-0.25, -0.2) is 9.97 Å². The lowest BCUT2D eigenvalue weighted by Gasteiger charge is -2.10. The van der Waals surface area contributed by atoms with Crippen molar-refractivity contribution in [3.05, 3.63) is 11.9 Å². The van der Waals surface area contributed by atoms with Crippen molar-refractivity contribution >= 4 is 17.6 Å². The maximum atomic E-state index is 10.4. The van der Waals surface area contributed by atoms with E-state index in [4.69, 9.17) is 5.11 Å². The minimum absolute atomic E-state index is 0.0686. The molecule has 0 spiro atoms. The zero-order valence-corrected chi connectivity index (χ0v) is 11.7. The van der Waals surface area contributed by atoms with E-state index in [9.17, 15) is 4.79 Å². The maximum Gasteiger partial charge on any atom is 0.305 e. The number of aryl methyl sites for hydroxylation is 1. The first-order valence-corrected chi connectivity index (χ1v) is 6.52. The van der Waals surface area contributed by atoms with E-state index in [1.165, 1.54) is 0 Å². The second-order valence-electron chi connectivity index (χ2n) is 4.87. The highest BCUT2D eigenvalue weighted by molar-refractivity contribution is 5.67. The maximum absolute atomic E-state index is 10.4. The van der Waals surface area contributed by atoms with E-state index in [0.29, 0.717) is 24.1 Å². The Morgan fingerprint density at radius 2 is 1.84 bits per heavy atom. The van der Waals surface area contributed by atoms with E-state index >= 15 is 0 Å². The molecule has 0 aliphatic carbocycles. The van der Waals surface area contributed by atoms with E-state index in [-0.39, 0.29) is 6.42 Å². The topological polar surface area (TPSA) is 87.1 Å². The Balaban J connectivity index is 2.53. The molecular formula is C13H22N4O2. The van der Waals surface area contributed by atoms with E-state index in [2.05, 4.69) is 34.4 Å². The lowest BCUT2D eigenvalue weighted by atomic mass is 10.1. The summed E-state index contributed by atoms with van der Waals surface area (Å²) < 4.78 is 0. The zero-order valence-electron chi connectivity index (χ0n) is 11.7. The minimum atomic E-state index is -0.825. The first-order chi connectivity index (χ1) is 8.97. The minimum Gasteiger partial charge on any atom is -0.481 e. The number of rotatable bonds is 8. The number of carboxylic acids is 1. The number of carboxylic acid groups (broad SMARTS) is 1. The van der Waals surface area contributed by atoms with Crippen molar-refractivity contribution in [1.29, 1.82) is 0 Å². The number of carbonyl (C=O) groups is 1. The van der Waals surface area contributed by atoms with Crippen LogP contribution in [0, 0.1) is 12.8 Å². The average molecular weight is 266 g/mol. The standard InChI is InChI=1S/C13H22N4O2/c1-9(2)4-6-14-11-8-12(17-10(3)16-11)15-7-5-13(18)19/h8-9H,4-7H2,1-3H3,(H,18,19)(H2,14,15,16,17). The normalized spacial score (nSPS) is 10.5. The highest BCUT2D eigenvalue weighted by atomic mass is 16.4. The summed E-state index contributed by atoms with van der Waals surface area (Å²) >= 11 is 0. The summed E-state index contributed by atoms with van der Waals surface area (Å²) in [5.41, 5.74) is 0. The first-order valence-electron chi connectivity index (χ1n) is 6.52. The van der Waals surface area contributed by atoms with Crippen LogP contribution < -0.4 is 10.6 Å². The summed E-state index contributed by atoms with van der Waals surface area (Å²) in [5, 5.41) is 14.8. The zero-order chi connectivity index (χ0) is 14.3. The molecule has 1 aromatic heterocycles. The Labute approximate surface area is 113 Å². The second-order valence-corrected chi connectivity index (χ2v) is 4.87. The molecule has 0 aliphatic rings. The van der Waals surface area contributed by atoms with Gasteiger partial charge in [-0.2, -0.15) is 0 Å². The Kier molecular flexibility index (Phi) is 6.05. The van der Waals surface area contributed by atoms with Crippen molar-refractivity contribution in [2.45, 2.75) is 33.6 Å². The van der Waals surface area contributed by atoms with Crippen molar-refractivity contribution in [2.75, 3.05) is 23.7 Å². The summed E-state index contributed by atoms with van der Waals surface area (Å²) in [6, 6.07) is 1.80. The van der Waals surface area contributed by atoms with Gasteiger partial charge in [-0.3, -0.25) is 4.79 Å². The van der Waals surface area contributed by atoms with Gasteiger partial charge in [-0.15, -0.1) is 0 Å². The fourth-order valence-electron chi connectivity index (χ4n) is 1.54. The lowest BCUT2D eigenvalue weighted by Crippen LogP contribution is -2.11. The molecule has 0 saturated heterocycles. The Morgan fingerprint density at radius 3 is 2.37 bits per heavy atom. The molecule has 1 rings (SSSR count). The van der Waals surface area contributed by atoms with Gasteiger partial charge in [0, 0.05) is 19.2 Å². The van der Waals surface area contributed by atoms with Crippen molar-refractivity contribution in [1.82, 2.24) is 9.97 Å². The molecule has 0 amide bonds. The van der Waals surface area contributed by atoms with Crippen LogP contribution in [0.3, 0.4) is 0 Å². The van der Waals surface area contributed by atoms with Crippen molar-refractivity contribution in [3.63, 3.8) is 0 Å². The van der Waals surface area contributed by atoms with Crippen LogP contribution in [-0.4, -0.2) is 34.1 Å². The van der Waals surface area contributed by atoms with Gasteiger partial charge in [0.05, 0.1) is 6.42 Å². The van der Waals surface area contributed by atoms with Crippen LogP contribution in [0.4, 0.5) is 11.6 Å². The number of nitrogens with one attached hydrogen (secondary N) is 2. The fourth-order valence-corrected chi connectivity index (χ4v) is 1.54. The van der Waals surface area contributed by atoms with Gasteiger partial charge in [0.1, 0.15) is 17.5 Å². The molecular weight excluding hydrogens is 244 g/mol. The van der Waals surface area contributed by atoms with Crippen LogP contribution >= 0.6 is 0 Å². The van der Waals surface area contributed by atoms with Crippen LogP contribution in [0.15, 0.2) is 6.07 Å². The lowest BCUT2D eigenvalue weighted by molar-refractivity contribution is -0.136. The predicted octanol–water partition coefficient (Wildman–Crippen LogP) is 2.13. The highest BCUT2D eigenvalue weighted by Crippen LogP contribution is 2.11. The molecule has 0 saturated carbocycles. The first kappa shape index (κ1) is 15.2. The van der Waals surface area contributed by atoms with E-state index < -0.39 is 5.97 Å². The van der Waals surface area contributed by atoms with Crippen LogP contribution in [-0.2, 0) is 4.79 Å². The third-order valence-corrected chi connectivity index (χ3v) is 2.51. The molecule has 1 aromatic rings. The van der Waals surface area contributed by atoms with Gasteiger partial charge < -0.3 is 15.7 Å². The van der Waals surface area contributed by atoms with Gasteiger partial charge >= 0.3 is 5.97 Å². The fraction of sp³-hybridized carbons (Fsp3) is 0.615. The second kappa shape index (κ2) is 7.56. The van der Waals surface area contributed by atoms with Crippen molar-refractivity contribution in [2.24, 2.45) is 5.92 Å². The van der Waals surface area contributed by atoms with Crippen LogP contribution in [0.25, 0.3) is 0 Å². The van der Waals surface area contributed by atoms with Crippen LogP contribution in [0.2, 0.25) is 0 Å². The number of aliphatic carboxylic acids is 1. The smallest absolute Gasteiger partial charge is 0.305 e. The summed E-state index contributed by atoms with van der Waals surface area (Å²) in [6.45, 7) is 7.38. The van der Waals surface area contributed by atoms with Gasteiger partial charge in [0.15, 0.2) is 0 Å². The molecule has 0 atom stereocenters. The summed E-state index contributed by atoms with van der Waals surface area (Å²) in [4.78, 5) is 19.0. The average Bonchev–Trinajstić information content (AvgIpc) is 2.27. The molecule has 0 aromatic carbocycles. The van der Waals surface area contributed by atoms with Gasteiger partial charge in [0.2, 0.25) is 0 Å². The SMILES string of the molecule is Cc1nc(NCCC(=O)O)cc(NCCC(C)C)n1. The molecule has 0 aliphatic heterocycles. The van der Waals surface area contributed by atoms with E-state index in [0.717, 1.165) is 18.8 Å². The number of aromatic nitrogens is 2. The largest absolute Gasteiger partial charge is 0.481 e. The Morgan fingerprint density at radius 1 is 1.26 bits per heavy atom. The molecule has 106 valence electrons. The molecule has 0 radical (unpaired) electrons. The highest BCUT2D eigenvalue weighted by Gasteiger charge is 2.03. The molecule has 6 heteroatoms.